The summed E-state index contributed by atoms with van der Waals surface area (Å²) >= 11 is 1.71. The number of aliphatic imine (C=N–C) groups is 1. The standard InChI is InChI=1S/C16H27N5O2S2.HI/c1-2-17-15(19-14-6-10-25(22,23)12-14)18-7-5-13-11-24-16(20-13)21-8-3-4-9-21;/h11,14H,2-10,12H2,1H3,(H2,17,18,19);1H. The van der Waals surface area contributed by atoms with Crippen molar-refractivity contribution in [3.05, 3.63) is 11.1 Å². The molecule has 0 bridgehead atoms. The summed E-state index contributed by atoms with van der Waals surface area (Å²) < 4.78 is 23.2. The van der Waals surface area contributed by atoms with Gasteiger partial charge in [-0.05, 0) is 26.2 Å². The van der Waals surface area contributed by atoms with Gasteiger partial charge in [0.15, 0.2) is 20.9 Å². The molecule has 2 aliphatic heterocycles. The minimum Gasteiger partial charge on any atom is -0.357 e. The Labute approximate surface area is 177 Å². The molecule has 7 nitrogen and oxygen atoms in total. The van der Waals surface area contributed by atoms with E-state index in [0.29, 0.717) is 18.9 Å². The Kier molecular flexibility index (Phi) is 8.40. The molecule has 0 saturated carbocycles. The lowest BCUT2D eigenvalue weighted by molar-refractivity contribution is 0.599. The molecule has 1 unspecified atom stereocenters. The maximum atomic E-state index is 11.6. The van der Waals surface area contributed by atoms with Crippen LogP contribution in [0.4, 0.5) is 5.13 Å². The Morgan fingerprint density at radius 3 is 2.85 bits per heavy atom. The lowest BCUT2D eigenvalue weighted by atomic mass is 10.3. The summed E-state index contributed by atoms with van der Waals surface area (Å²) in [6.45, 7) is 5.62. The van der Waals surface area contributed by atoms with Gasteiger partial charge in [0.25, 0.3) is 0 Å². The van der Waals surface area contributed by atoms with Crippen LogP contribution in [-0.4, -0.2) is 63.1 Å². The van der Waals surface area contributed by atoms with Gasteiger partial charge in [0.05, 0.1) is 17.2 Å². The number of nitrogens with one attached hydrogen (secondary N) is 2. The topological polar surface area (TPSA) is 86.7 Å². The number of sulfone groups is 1. The fraction of sp³-hybridized carbons (Fsp3) is 0.750. The second-order valence-electron chi connectivity index (χ2n) is 6.57. The summed E-state index contributed by atoms with van der Waals surface area (Å²) in [6.07, 6.45) is 3.96. The Bertz CT molecular complexity index is 701. The predicted molar refractivity (Wildman–Crippen MR) is 119 cm³/mol. The maximum absolute atomic E-state index is 11.6. The Morgan fingerprint density at radius 2 is 2.19 bits per heavy atom. The van der Waals surface area contributed by atoms with Crippen LogP contribution in [0.3, 0.4) is 0 Å². The van der Waals surface area contributed by atoms with Crippen LogP contribution in [0.15, 0.2) is 10.4 Å². The highest BCUT2D eigenvalue weighted by Gasteiger charge is 2.28. The van der Waals surface area contributed by atoms with E-state index in [1.165, 1.54) is 12.8 Å². The minimum atomic E-state index is -2.88. The summed E-state index contributed by atoms with van der Waals surface area (Å²) in [5.41, 5.74) is 1.08. The number of aromatic nitrogens is 1. The molecule has 10 heteroatoms. The van der Waals surface area contributed by atoms with Crippen LogP contribution < -0.4 is 15.5 Å². The molecule has 2 saturated heterocycles. The van der Waals surface area contributed by atoms with Crippen molar-refractivity contribution in [2.45, 2.75) is 38.6 Å². The van der Waals surface area contributed by atoms with Gasteiger partial charge in [-0.2, -0.15) is 0 Å². The smallest absolute Gasteiger partial charge is 0.191 e. The molecule has 0 amide bonds. The average molecular weight is 513 g/mol. The Balaban J connectivity index is 0.00000243. The van der Waals surface area contributed by atoms with E-state index in [1.54, 1.807) is 11.3 Å². The molecule has 0 radical (unpaired) electrons. The zero-order valence-corrected chi connectivity index (χ0v) is 19.1. The fourth-order valence-electron chi connectivity index (χ4n) is 3.17. The molecule has 3 heterocycles. The number of guanidine groups is 1. The largest absolute Gasteiger partial charge is 0.357 e. The SMILES string of the molecule is CCNC(=NCCc1csc(N2CCCC2)n1)NC1CCS(=O)(=O)C1.I. The van der Waals surface area contributed by atoms with Crippen molar-refractivity contribution >= 4 is 56.2 Å². The molecule has 2 fully saturated rings. The first-order valence-corrected chi connectivity index (χ1v) is 11.7. The summed E-state index contributed by atoms with van der Waals surface area (Å²) in [7, 11) is -2.88. The summed E-state index contributed by atoms with van der Waals surface area (Å²) in [5.74, 6) is 1.16. The first-order chi connectivity index (χ1) is 12.1. The van der Waals surface area contributed by atoms with Gasteiger partial charge in [0, 0.05) is 44.0 Å². The number of hydrogen-bond donors (Lipinski definition) is 2. The van der Waals surface area contributed by atoms with E-state index in [4.69, 9.17) is 4.98 Å². The minimum absolute atomic E-state index is 0. The molecule has 26 heavy (non-hydrogen) atoms. The van der Waals surface area contributed by atoms with E-state index in [0.717, 1.165) is 36.9 Å². The van der Waals surface area contributed by atoms with Crippen molar-refractivity contribution in [3.8, 4) is 0 Å². The first-order valence-electron chi connectivity index (χ1n) is 9.00. The zero-order valence-electron chi connectivity index (χ0n) is 15.1. The molecule has 0 aliphatic carbocycles. The van der Waals surface area contributed by atoms with E-state index in [9.17, 15) is 8.42 Å². The van der Waals surface area contributed by atoms with E-state index >= 15 is 0 Å². The van der Waals surface area contributed by atoms with Gasteiger partial charge in [-0.1, -0.05) is 0 Å². The Morgan fingerprint density at radius 1 is 1.42 bits per heavy atom. The van der Waals surface area contributed by atoms with Gasteiger partial charge in [-0.15, -0.1) is 35.3 Å². The Hall–Kier alpha value is -0.620. The molecule has 1 aromatic rings. The number of hydrogen-bond acceptors (Lipinski definition) is 6. The molecule has 3 rings (SSSR count). The van der Waals surface area contributed by atoms with E-state index in [-0.39, 0.29) is 41.5 Å². The molecule has 1 aromatic heterocycles. The molecular formula is C16H28IN5O2S2. The lowest BCUT2D eigenvalue weighted by Crippen LogP contribution is -2.44. The van der Waals surface area contributed by atoms with Crippen molar-refractivity contribution < 1.29 is 8.42 Å². The third-order valence-electron chi connectivity index (χ3n) is 4.47. The quantitative estimate of drug-likeness (QED) is 0.342. The van der Waals surface area contributed by atoms with Crippen LogP contribution in [0.25, 0.3) is 0 Å². The second kappa shape index (κ2) is 10.1. The zero-order chi connectivity index (χ0) is 17.7. The summed E-state index contributed by atoms with van der Waals surface area (Å²) in [5, 5.41) is 9.67. The number of thiazole rings is 1. The molecule has 1 atom stereocenters. The fourth-order valence-corrected chi connectivity index (χ4v) is 5.76. The van der Waals surface area contributed by atoms with Gasteiger partial charge in [0.1, 0.15) is 0 Å². The van der Waals surface area contributed by atoms with Gasteiger partial charge < -0.3 is 15.5 Å². The van der Waals surface area contributed by atoms with Gasteiger partial charge in [-0.3, -0.25) is 4.99 Å². The molecule has 148 valence electrons. The van der Waals surface area contributed by atoms with Crippen molar-refractivity contribution in [3.63, 3.8) is 0 Å². The van der Waals surface area contributed by atoms with Gasteiger partial charge in [-0.25, -0.2) is 13.4 Å². The van der Waals surface area contributed by atoms with Crippen LogP contribution in [0.5, 0.6) is 0 Å². The average Bonchev–Trinajstić information content (AvgIpc) is 3.28. The highest BCUT2D eigenvalue weighted by Crippen LogP contribution is 2.24. The van der Waals surface area contributed by atoms with Crippen molar-refractivity contribution in [2.75, 3.05) is 42.6 Å². The molecule has 2 N–H and O–H groups in total. The van der Waals surface area contributed by atoms with E-state index < -0.39 is 9.84 Å². The van der Waals surface area contributed by atoms with Crippen molar-refractivity contribution in [2.24, 2.45) is 4.99 Å². The van der Waals surface area contributed by atoms with Crippen molar-refractivity contribution in [1.82, 2.24) is 15.6 Å². The molecular weight excluding hydrogens is 485 g/mol. The number of halogens is 1. The monoisotopic (exact) mass is 513 g/mol. The third-order valence-corrected chi connectivity index (χ3v) is 7.19. The van der Waals surface area contributed by atoms with Gasteiger partial charge >= 0.3 is 0 Å². The first kappa shape index (κ1) is 21.7. The van der Waals surface area contributed by atoms with Crippen LogP contribution in [0.1, 0.15) is 31.9 Å². The van der Waals surface area contributed by atoms with Crippen molar-refractivity contribution in [1.29, 1.82) is 0 Å². The number of rotatable bonds is 6. The molecule has 0 spiro atoms. The van der Waals surface area contributed by atoms with Crippen LogP contribution in [-0.2, 0) is 16.3 Å². The third kappa shape index (κ3) is 6.22. The maximum Gasteiger partial charge on any atom is 0.191 e. The van der Waals surface area contributed by atoms with Crippen LogP contribution in [0, 0.1) is 0 Å². The normalized spacial score (nSPS) is 22.3. The second-order valence-corrected chi connectivity index (χ2v) is 9.64. The van der Waals surface area contributed by atoms with E-state index in [2.05, 4.69) is 25.9 Å². The molecule has 2 aliphatic rings. The highest BCUT2D eigenvalue weighted by molar-refractivity contribution is 14.0. The number of nitrogens with zero attached hydrogens (tertiary/aromatic N) is 3. The van der Waals surface area contributed by atoms with Crippen LogP contribution >= 0.6 is 35.3 Å². The summed E-state index contributed by atoms with van der Waals surface area (Å²) in [6, 6.07) is -0.0381. The number of anilines is 1. The lowest BCUT2D eigenvalue weighted by Gasteiger charge is -2.15. The summed E-state index contributed by atoms with van der Waals surface area (Å²) in [4.78, 5) is 11.6. The van der Waals surface area contributed by atoms with Crippen LogP contribution in [0.2, 0.25) is 0 Å². The van der Waals surface area contributed by atoms with Gasteiger partial charge in [0.2, 0.25) is 0 Å². The predicted octanol–water partition coefficient (Wildman–Crippen LogP) is 1.65. The highest BCUT2D eigenvalue weighted by atomic mass is 127. The van der Waals surface area contributed by atoms with E-state index in [1.807, 2.05) is 6.92 Å². The molecule has 0 aromatic carbocycles.